The molecular weight excluding hydrogens is 308 g/mol. The first-order chi connectivity index (χ1) is 9.11. The molecule has 0 heterocycles. The van der Waals surface area contributed by atoms with Crippen LogP contribution in [0.1, 0.15) is 39.0 Å². The quantitative estimate of drug-likeness (QED) is 0.642. The van der Waals surface area contributed by atoms with Gasteiger partial charge in [-0.25, -0.2) is 0 Å². The van der Waals surface area contributed by atoms with Crippen molar-refractivity contribution in [3.05, 3.63) is 32.8 Å². The van der Waals surface area contributed by atoms with Gasteiger partial charge in [0.05, 0.1) is 4.92 Å². The molecule has 0 amide bonds. The number of non-ortho nitro benzene ring substituents is 1. The van der Waals surface area contributed by atoms with Gasteiger partial charge >= 0.3 is 0 Å². The topological polar surface area (TPSA) is 55.2 Å². The summed E-state index contributed by atoms with van der Waals surface area (Å²) in [4.78, 5) is 10.3. The van der Waals surface area contributed by atoms with Crippen LogP contribution in [0.15, 0.2) is 22.7 Å². The van der Waals surface area contributed by atoms with E-state index in [0.717, 1.165) is 10.2 Å². The molecule has 1 aromatic rings. The molecule has 0 bridgehead atoms. The van der Waals surface area contributed by atoms with Gasteiger partial charge in [0.1, 0.15) is 0 Å². The van der Waals surface area contributed by atoms with Crippen molar-refractivity contribution in [2.24, 2.45) is 5.92 Å². The van der Waals surface area contributed by atoms with E-state index in [1.165, 1.54) is 32.1 Å². The Hall–Kier alpha value is -1.10. The Kier molecular flexibility index (Phi) is 4.80. The zero-order valence-electron chi connectivity index (χ0n) is 11.1. The lowest BCUT2D eigenvalue weighted by Crippen LogP contribution is -2.31. The third-order valence-electron chi connectivity index (χ3n) is 3.94. The maximum atomic E-state index is 10.7. The van der Waals surface area contributed by atoms with E-state index in [-0.39, 0.29) is 10.6 Å². The van der Waals surface area contributed by atoms with E-state index < -0.39 is 0 Å². The van der Waals surface area contributed by atoms with E-state index >= 15 is 0 Å². The van der Waals surface area contributed by atoms with Crippen molar-refractivity contribution in [1.82, 2.24) is 0 Å². The normalized spacial score (nSPS) is 23.1. The SMILES string of the molecule is CCC1CCCCC1Nc1ccc([N+](=O)[O-])cc1Br. The molecule has 0 spiro atoms. The van der Waals surface area contributed by atoms with E-state index in [1.54, 1.807) is 18.2 Å². The summed E-state index contributed by atoms with van der Waals surface area (Å²) in [5.41, 5.74) is 1.07. The molecule has 4 nitrogen and oxygen atoms in total. The number of hydrogen-bond donors (Lipinski definition) is 1. The number of halogens is 1. The van der Waals surface area contributed by atoms with Gasteiger partial charge in [-0.3, -0.25) is 10.1 Å². The second kappa shape index (κ2) is 6.37. The molecule has 1 N–H and O–H groups in total. The summed E-state index contributed by atoms with van der Waals surface area (Å²) >= 11 is 3.42. The fourth-order valence-electron chi connectivity index (χ4n) is 2.82. The molecular formula is C14H19BrN2O2. The zero-order chi connectivity index (χ0) is 13.8. The Morgan fingerprint density at radius 2 is 2.16 bits per heavy atom. The Balaban J connectivity index is 2.11. The van der Waals surface area contributed by atoms with Crippen LogP contribution < -0.4 is 5.32 Å². The van der Waals surface area contributed by atoms with Crippen molar-refractivity contribution >= 4 is 27.3 Å². The average molecular weight is 327 g/mol. The molecule has 0 aromatic heterocycles. The van der Waals surface area contributed by atoms with E-state index in [9.17, 15) is 10.1 Å². The summed E-state index contributed by atoms with van der Waals surface area (Å²) in [5.74, 6) is 0.704. The molecule has 19 heavy (non-hydrogen) atoms. The van der Waals surface area contributed by atoms with Gasteiger partial charge in [-0.2, -0.15) is 0 Å². The minimum Gasteiger partial charge on any atom is -0.381 e. The molecule has 2 unspecified atom stereocenters. The van der Waals surface area contributed by atoms with Gasteiger partial charge in [0, 0.05) is 28.3 Å². The van der Waals surface area contributed by atoms with Gasteiger partial charge in [0.2, 0.25) is 0 Å². The summed E-state index contributed by atoms with van der Waals surface area (Å²) in [6, 6.07) is 5.39. The van der Waals surface area contributed by atoms with Crippen LogP contribution in [0.4, 0.5) is 11.4 Å². The largest absolute Gasteiger partial charge is 0.381 e. The zero-order valence-corrected chi connectivity index (χ0v) is 12.6. The summed E-state index contributed by atoms with van der Waals surface area (Å²) in [6.45, 7) is 2.23. The van der Waals surface area contributed by atoms with Crippen LogP contribution in [0.5, 0.6) is 0 Å². The molecule has 104 valence electrons. The molecule has 1 fully saturated rings. The van der Waals surface area contributed by atoms with E-state index in [4.69, 9.17) is 0 Å². The average Bonchev–Trinajstić information content (AvgIpc) is 2.41. The lowest BCUT2D eigenvalue weighted by Gasteiger charge is -2.32. The van der Waals surface area contributed by atoms with E-state index in [2.05, 4.69) is 28.2 Å². The van der Waals surface area contributed by atoms with Gasteiger partial charge in [-0.05, 0) is 40.8 Å². The highest BCUT2D eigenvalue weighted by atomic mass is 79.9. The van der Waals surface area contributed by atoms with Crippen molar-refractivity contribution < 1.29 is 4.92 Å². The third-order valence-corrected chi connectivity index (χ3v) is 4.59. The molecule has 0 aliphatic heterocycles. The summed E-state index contributed by atoms with van der Waals surface area (Å²) in [5, 5.41) is 14.3. The Labute approximate surface area is 121 Å². The second-order valence-corrected chi connectivity index (χ2v) is 5.98. The minimum absolute atomic E-state index is 0.119. The molecule has 1 aromatic carbocycles. The highest BCUT2D eigenvalue weighted by Crippen LogP contribution is 2.33. The monoisotopic (exact) mass is 326 g/mol. The number of nitrogens with zero attached hydrogens (tertiary/aromatic N) is 1. The van der Waals surface area contributed by atoms with Gasteiger partial charge < -0.3 is 5.32 Å². The fraction of sp³-hybridized carbons (Fsp3) is 0.571. The first kappa shape index (κ1) is 14.3. The van der Waals surface area contributed by atoms with Gasteiger partial charge in [-0.15, -0.1) is 0 Å². The van der Waals surface area contributed by atoms with Crippen molar-refractivity contribution in [3.63, 3.8) is 0 Å². The van der Waals surface area contributed by atoms with Crippen LogP contribution in [0.2, 0.25) is 0 Å². The summed E-state index contributed by atoms with van der Waals surface area (Å²) in [7, 11) is 0. The van der Waals surface area contributed by atoms with Crippen LogP contribution in [0.3, 0.4) is 0 Å². The molecule has 1 aliphatic rings. The molecule has 0 radical (unpaired) electrons. The van der Waals surface area contributed by atoms with Crippen molar-refractivity contribution in [1.29, 1.82) is 0 Å². The van der Waals surface area contributed by atoms with Gasteiger partial charge in [0.25, 0.3) is 5.69 Å². The molecule has 0 saturated heterocycles. The number of nitro groups is 1. The predicted octanol–water partition coefficient (Wildman–Crippen LogP) is 4.74. The molecule has 5 heteroatoms. The summed E-state index contributed by atoms with van der Waals surface area (Å²) < 4.78 is 0.766. The Morgan fingerprint density at radius 3 is 2.79 bits per heavy atom. The van der Waals surface area contributed by atoms with Crippen molar-refractivity contribution in [2.75, 3.05) is 5.32 Å². The Bertz CT molecular complexity index is 465. The maximum Gasteiger partial charge on any atom is 0.270 e. The number of benzene rings is 1. The van der Waals surface area contributed by atoms with Gasteiger partial charge in [-0.1, -0.05) is 26.2 Å². The third kappa shape index (κ3) is 3.47. The molecule has 2 atom stereocenters. The highest BCUT2D eigenvalue weighted by molar-refractivity contribution is 9.10. The first-order valence-corrected chi connectivity index (χ1v) is 7.61. The maximum absolute atomic E-state index is 10.7. The highest BCUT2D eigenvalue weighted by Gasteiger charge is 2.24. The number of hydrogen-bond acceptors (Lipinski definition) is 3. The smallest absolute Gasteiger partial charge is 0.270 e. The first-order valence-electron chi connectivity index (χ1n) is 6.82. The van der Waals surface area contributed by atoms with Crippen LogP contribution in [0.25, 0.3) is 0 Å². The lowest BCUT2D eigenvalue weighted by atomic mass is 9.83. The number of nitro benzene ring substituents is 1. The lowest BCUT2D eigenvalue weighted by molar-refractivity contribution is -0.384. The van der Waals surface area contributed by atoms with Crippen LogP contribution >= 0.6 is 15.9 Å². The van der Waals surface area contributed by atoms with Crippen molar-refractivity contribution in [3.8, 4) is 0 Å². The molecule has 2 rings (SSSR count). The predicted molar refractivity (Wildman–Crippen MR) is 80.5 cm³/mol. The number of rotatable bonds is 4. The van der Waals surface area contributed by atoms with E-state index in [1.807, 2.05) is 0 Å². The van der Waals surface area contributed by atoms with E-state index in [0.29, 0.717) is 12.0 Å². The van der Waals surface area contributed by atoms with Gasteiger partial charge in [0.15, 0.2) is 0 Å². The fourth-order valence-corrected chi connectivity index (χ4v) is 3.30. The van der Waals surface area contributed by atoms with Crippen LogP contribution in [0, 0.1) is 16.0 Å². The number of nitrogens with one attached hydrogen (secondary N) is 1. The molecule has 1 saturated carbocycles. The molecule has 1 aliphatic carbocycles. The second-order valence-electron chi connectivity index (χ2n) is 5.12. The standard InChI is InChI=1S/C14H19BrN2O2/c1-2-10-5-3-4-6-13(10)16-14-8-7-11(17(18)19)9-12(14)15/h7-10,13,16H,2-6H2,1H3. The minimum atomic E-state index is -0.371. The Morgan fingerprint density at radius 1 is 1.42 bits per heavy atom. The van der Waals surface area contributed by atoms with Crippen LogP contribution in [-0.2, 0) is 0 Å². The van der Waals surface area contributed by atoms with Crippen molar-refractivity contribution in [2.45, 2.75) is 45.1 Å². The van der Waals surface area contributed by atoms with Crippen LogP contribution in [-0.4, -0.2) is 11.0 Å². The summed E-state index contributed by atoms with van der Waals surface area (Å²) in [6.07, 6.45) is 6.22. The number of anilines is 1.